The number of carbonyl (C=O) groups excluding carboxylic acids is 3. The summed E-state index contributed by atoms with van der Waals surface area (Å²) in [5.41, 5.74) is -2.05. The Morgan fingerprint density at radius 1 is 1.26 bits per heavy atom. The lowest BCUT2D eigenvalue weighted by Gasteiger charge is -2.46. The molecule has 4 heterocycles. The molecule has 4 aliphatic heterocycles. The molecule has 1 aromatic carbocycles. The Morgan fingerprint density at radius 2 is 2.00 bits per heavy atom. The van der Waals surface area contributed by atoms with Crippen molar-refractivity contribution in [2.75, 3.05) is 11.9 Å². The van der Waals surface area contributed by atoms with E-state index in [1.807, 2.05) is 52.0 Å². The molecule has 3 atom stereocenters. The van der Waals surface area contributed by atoms with Crippen LogP contribution in [0.3, 0.4) is 0 Å². The molecule has 0 aromatic heterocycles. The summed E-state index contributed by atoms with van der Waals surface area (Å²) in [4.78, 5) is 41.3. The van der Waals surface area contributed by atoms with Crippen LogP contribution in [0, 0.1) is 5.41 Å². The fourth-order valence-corrected chi connectivity index (χ4v) is 5.87. The molecule has 0 bridgehead atoms. The maximum atomic E-state index is 13.8. The largest absolute Gasteiger partial charge is 0.483 e. The molecule has 3 amide bonds. The lowest BCUT2D eigenvalue weighted by molar-refractivity contribution is -0.178. The first-order valence-corrected chi connectivity index (χ1v) is 11.7. The van der Waals surface area contributed by atoms with Crippen LogP contribution >= 0.6 is 0 Å². The Bertz CT molecular complexity index is 1170. The van der Waals surface area contributed by atoms with Crippen LogP contribution in [0.4, 0.5) is 5.69 Å². The van der Waals surface area contributed by atoms with Gasteiger partial charge in [0.15, 0.2) is 0 Å². The lowest BCUT2D eigenvalue weighted by atomic mass is 9.59. The maximum absolute atomic E-state index is 13.8. The van der Waals surface area contributed by atoms with E-state index in [2.05, 4.69) is 17.2 Å². The number of allylic oxidation sites excluding steroid dienone is 1. The number of benzene rings is 1. The standard InChI is InChI=1S/C26H31N3O5/c1-6-23(2,3)25(14-17-20(30)29-13-7-11-26(29,33)22(32)27-17)16-8-9-18-15(19(16)28-21(25)31)10-12-24(4,5)34-18/h6,8-10,12,17,33H,1,7,11,13-14H2,2-5H3,(H,27,32)(H,28,31)/t17?,25-,26+/m0/s1. The summed E-state index contributed by atoms with van der Waals surface area (Å²) in [5, 5.41) is 16.5. The molecule has 0 aliphatic carbocycles. The van der Waals surface area contributed by atoms with Gasteiger partial charge in [0.25, 0.3) is 5.91 Å². The molecular weight excluding hydrogens is 434 g/mol. The van der Waals surface area contributed by atoms with Gasteiger partial charge in [0, 0.05) is 23.9 Å². The minimum Gasteiger partial charge on any atom is -0.483 e. The van der Waals surface area contributed by atoms with Crippen LogP contribution in [0.1, 0.15) is 58.1 Å². The number of rotatable bonds is 4. The van der Waals surface area contributed by atoms with Gasteiger partial charge in [-0.2, -0.15) is 0 Å². The van der Waals surface area contributed by atoms with Gasteiger partial charge in [-0.3, -0.25) is 14.4 Å². The van der Waals surface area contributed by atoms with E-state index in [0.29, 0.717) is 24.4 Å². The number of carbonyl (C=O) groups is 3. The summed E-state index contributed by atoms with van der Waals surface area (Å²) in [6, 6.07) is 2.77. The third-order valence-corrected chi connectivity index (χ3v) is 8.02. The van der Waals surface area contributed by atoms with Crippen molar-refractivity contribution in [3.8, 4) is 5.75 Å². The summed E-state index contributed by atoms with van der Waals surface area (Å²) in [5.74, 6) is -0.557. The second kappa shape index (κ2) is 6.95. The van der Waals surface area contributed by atoms with Crippen molar-refractivity contribution in [3.63, 3.8) is 0 Å². The van der Waals surface area contributed by atoms with Crippen LogP contribution in [-0.4, -0.2) is 51.6 Å². The quantitative estimate of drug-likeness (QED) is 0.592. The molecule has 1 unspecified atom stereocenters. The van der Waals surface area contributed by atoms with Crippen LogP contribution < -0.4 is 15.4 Å². The zero-order valence-electron chi connectivity index (χ0n) is 20.0. The van der Waals surface area contributed by atoms with Crippen molar-refractivity contribution >= 4 is 29.5 Å². The van der Waals surface area contributed by atoms with E-state index in [4.69, 9.17) is 4.74 Å². The average Bonchev–Trinajstić information content (AvgIpc) is 3.31. The zero-order valence-corrected chi connectivity index (χ0v) is 20.0. The summed E-state index contributed by atoms with van der Waals surface area (Å²) < 4.78 is 6.10. The molecule has 5 rings (SSSR count). The SMILES string of the molecule is C=CC(C)(C)[C@]1(CC2NC(=O)[C@]3(O)CCCN3C2=O)C(=O)Nc2c1ccc1c2C=CC(C)(C)O1. The van der Waals surface area contributed by atoms with E-state index < -0.39 is 34.1 Å². The first kappa shape index (κ1) is 22.7. The van der Waals surface area contributed by atoms with Crippen LogP contribution in [0.5, 0.6) is 5.75 Å². The molecule has 8 heteroatoms. The van der Waals surface area contributed by atoms with Gasteiger partial charge < -0.3 is 25.4 Å². The molecule has 4 aliphatic rings. The van der Waals surface area contributed by atoms with Gasteiger partial charge in [0.2, 0.25) is 17.5 Å². The summed E-state index contributed by atoms with van der Waals surface area (Å²) >= 11 is 0. The molecule has 180 valence electrons. The van der Waals surface area contributed by atoms with E-state index in [1.165, 1.54) is 4.90 Å². The van der Waals surface area contributed by atoms with Gasteiger partial charge >= 0.3 is 0 Å². The third-order valence-electron chi connectivity index (χ3n) is 8.02. The fourth-order valence-electron chi connectivity index (χ4n) is 5.87. The highest BCUT2D eigenvalue weighted by molar-refractivity contribution is 6.10. The lowest BCUT2D eigenvalue weighted by Crippen LogP contribution is -2.69. The normalized spacial score (nSPS) is 31.3. The molecule has 34 heavy (non-hydrogen) atoms. The van der Waals surface area contributed by atoms with Crippen molar-refractivity contribution in [2.45, 2.75) is 69.7 Å². The Hall–Kier alpha value is -3.13. The molecule has 1 aromatic rings. The second-order valence-corrected chi connectivity index (χ2v) is 10.9. The fraction of sp³-hybridized carbons (Fsp3) is 0.500. The van der Waals surface area contributed by atoms with E-state index in [9.17, 15) is 19.5 Å². The molecule has 8 nitrogen and oxygen atoms in total. The van der Waals surface area contributed by atoms with E-state index in [1.54, 1.807) is 6.08 Å². The summed E-state index contributed by atoms with van der Waals surface area (Å²) in [6.07, 6.45) is 6.41. The van der Waals surface area contributed by atoms with Crippen molar-refractivity contribution < 1.29 is 24.2 Å². The van der Waals surface area contributed by atoms with E-state index >= 15 is 0 Å². The Balaban J connectivity index is 1.62. The molecule has 2 fully saturated rings. The van der Waals surface area contributed by atoms with E-state index in [-0.39, 0.29) is 24.7 Å². The van der Waals surface area contributed by atoms with Crippen LogP contribution in [-0.2, 0) is 19.8 Å². The summed E-state index contributed by atoms with van der Waals surface area (Å²) in [6.45, 7) is 12.0. The number of piperazine rings is 1. The Labute approximate surface area is 199 Å². The number of fused-ring (bicyclic) bond motifs is 4. The first-order valence-electron chi connectivity index (χ1n) is 11.7. The molecule has 0 saturated carbocycles. The monoisotopic (exact) mass is 465 g/mol. The van der Waals surface area contributed by atoms with Gasteiger partial charge in [-0.05, 0) is 50.5 Å². The Morgan fingerprint density at radius 3 is 2.71 bits per heavy atom. The first-order chi connectivity index (χ1) is 15.9. The highest BCUT2D eigenvalue weighted by Gasteiger charge is 2.61. The number of hydrogen-bond donors (Lipinski definition) is 3. The van der Waals surface area contributed by atoms with Gasteiger partial charge in [-0.1, -0.05) is 26.0 Å². The van der Waals surface area contributed by atoms with Gasteiger partial charge in [0.1, 0.15) is 17.4 Å². The molecular formula is C26H31N3O5. The van der Waals surface area contributed by atoms with Crippen molar-refractivity contribution in [1.82, 2.24) is 10.2 Å². The number of hydrogen-bond acceptors (Lipinski definition) is 5. The highest BCUT2D eigenvalue weighted by Crippen LogP contribution is 2.56. The minimum absolute atomic E-state index is 0.0385. The van der Waals surface area contributed by atoms with Crippen molar-refractivity contribution in [3.05, 3.63) is 42.0 Å². The number of nitrogens with zero attached hydrogens (tertiary/aromatic N) is 1. The van der Waals surface area contributed by atoms with Crippen LogP contribution in [0.25, 0.3) is 6.08 Å². The van der Waals surface area contributed by atoms with Crippen LogP contribution in [0.15, 0.2) is 30.9 Å². The molecule has 3 N–H and O–H groups in total. The molecule has 2 saturated heterocycles. The molecule has 0 radical (unpaired) electrons. The predicted molar refractivity (Wildman–Crippen MR) is 127 cm³/mol. The predicted octanol–water partition coefficient (Wildman–Crippen LogP) is 2.47. The van der Waals surface area contributed by atoms with Gasteiger partial charge in [-0.15, -0.1) is 6.58 Å². The number of ether oxygens (including phenoxy) is 1. The van der Waals surface area contributed by atoms with E-state index in [0.717, 1.165) is 11.1 Å². The average molecular weight is 466 g/mol. The van der Waals surface area contributed by atoms with Gasteiger partial charge in [0.05, 0.1) is 11.1 Å². The topological polar surface area (TPSA) is 108 Å². The minimum atomic E-state index is -1.81. The third kappa shape index (κ3) is 2.84. The Kier molecular flexibility index (Phi) is 4.63. The number of anilines is 1. The second-order valence-electron chi connectivity index (χ2n) is 10.9. The van der Waals surface area contributed by atoms with Gasteiger partial charge in [-0.25, -0.2) is 0 Å². The number of aliphatic hydroxyl groups is 1. The summed E-state index contributed by atoms with van der Waals surface area (Å²) in [7, 11) is 0. The maximum Gasteiger partial charge on any atom is 0.274 e. The van der Waals surface area contributed by atoms with Crippen molar-refractivity contribution in [1.29, 1.82) is 0 Å². The number of amides is 3. The van der Waals surface area contributed by atoms with Crippen LogP contribution in [0.2, 0.25) is 0 Å². The zero-order chi connectivity index (χ0) is 24.7. The smallest absolute Gasteiger partial charge is 0.274 e. The van der Waals surface area contributed by atoms with Crippen molar-refractivity contribution in [2.24, 2.45) is 5.41 Å². The number of nitrogens with one attached hydrogen (secondary N) is 2. The highest BCUT2D eigenvalue weighted by atomic mass is 16.5. The molecule has 0 spiro atoms.